The summed E-state index contributed by atoms with van der Waals surface area (Å²) in [5.41, 5.74) is 4.72. The van der Waals surface area contributed by atoms with E-state index in [1.165, 1.54) is 4.90 Å². The molecule has 0 fully saturated rings. The van der Waals surface area contributed by atoms with Crippen LogP contribution in [0.1, 0.15) is 24.0 Å². The van der Waals surface area contributed by atoms with E-state index in [1.807, 2.05) is 25.1 Å². The third-order valence-electron chi connectivity index (χ3n) is 2.88. The molecule has 0 unspecified atom stereocenters. The summed E-state index contributed by atoms with van der Waals surface area (Å²) in [7, 11) is 0. The minimum atomic E-state index is 0.718. The Bertz CT molecular complexity index is 517. The molecule has 0 aliphatic rings. The maximum atomic E-state index is 5.50. The molecule has 0 aliphatic heterocycles. The lowest BCUT2D eigenvalue weighted by atomic mass is 10.2. The van der Waals surface area contributed by atoms with Gasteiger partial charge in [0.1, 0.15) is 11.6 Å². The molecule has 2 aromatic rings. The number of hydrazine groups is 1. The number of hydrogen-bond donors (Lipinski definition) is 2. The Morgan fingerprint density at radius 1 is 1.21 bits per heavy atom. The van der Waals surface area contributed by atoms with Crippen LogP contribution in [0.5, 0.6) is 0 Å². The van der Waals surface area contributed by atoms with Crippen LogP contribution < -0.4 is 11.3 Å². The average molecular weight is 274 g/mol. The van der Waals surface area contributed by atoms with E-state index in [4.69, 9.17) is 5.84 Å². The topological polar surface area (TPSA) is 63.8 Å². The summed E-state index contributed by atoms with van der Waals surface area (Å²) in [6.07, 6.45) is 0.881. The van der Waals surface area contributed by atoms with Gasteiger partial charge in [0.25, 0.3) is 0 Å². The molecular weight excluding hydrogens is 256 g/mol. The van der Waals surface area contributed by atoms with E-state index in [1.54, 1.807) is 11.8 Å². The number of nitrogens with zero attached hydrogens (tertiary/aromatic N) is 2. The van der Waals surface area contributed by atoms with Crippen molar-refractivity contribution in [3.8, 4) is 0 Å². The van der Waals surface area contributed by atoms with Gasteiger partial charge < -0.3 is 5.43 Å². The molecular formula is C14H18N4S. The molecule has 0 aliphatic carbocycles. The second kappa shape index (κ2) is 6.54. The van der Waals surface area contributed by atoms with Crippen LogP contribution in [0.15, 0.2) is 35.2 Å². The van der Waals surface area contributed by atoms with E-state index >= 15 is 0 Å². The van der Waals surface area contributed by atoms with Gasteiger partial charge in [-0.25, -0.2) is 15.8 Å². The molecule has 0 amide bonds. The summed E-state index contributed by atoms with van der Waals surface area (Å²) < 4.78 is 0. The molecule has 100 valence electrons. The minimum Gasteiger partial charge on any atom is -0.308 e. The van der Waals surface area contributed by atoms with Crippen molar-refractivity contribution in [1.82, 2.24) is 9.97 Å². The van der Waals surface area contributed by atoms with Crippen molar-refractivity contribution in [2.45, 2.75) is 30.9 Å². The zero-order valence-corrected chi connectivity index (χ0v) is 12.0. The molecule has 2 rings (SSSR count). The van der Waals surface area contributed by atoms with Crippen molar-refractivity contribution in [1.29, 1.82) is 0 Å². The number of rotatable bonds is 5. The van der Waals surface area contributed by atoms with Crippen LogP contribution in [0.2, 0.25) is 0 Å². The Labute approximate surface area is 117 Å². The molecule has 19 heavy (non-hydrogen) atoms. The van der Waals surface area contributed by atoms with Gasteiger partial charge >= 0.3 is 0 Å². The van der Waals surface area contributed by atoms with Gasteiger partial charge in [0.05, 0.1) is 5.75 Å². The average Bonchev–Trinajstić information content (AvgIpc) is 2.47. The van der Waals surface area contributed by atoms with Crippen LogP contribution in [-0.4, -0.2) is 9.97 Å². The third-order valence-corrected chi connectivity index (χ3v) is 3.88. The Kier molecular flexibility index (Phi) is 4.76. The van der Waals surface area contributed by atoms with E-state index in [2.05, 4.69) is 34.5 Å². The number of thioether (sulfide) groups is 1. The summed E-state index contributed by atoms with van der Waals surface area (Å²) in [6.45, 7) is 4.08. The Balaban J connectivity index is 2.16. The first-order chi connectivity index (χ1) is 9.24. The quantitative estimate of drug-likeness (QED) is 0.498. The lowest BCUT2D eigenvalue weighted by Crippen LogP contribution is -2.14. The van der Waals surface area contributed by atoms with Crippen LogP contribution in [-0.2, 0) is 12.2 Å². The highest BCUT2D eigenvalue weighted by molar-refractivity contribution is 7.98. The number of nitrogens with one attached hydrogen (secondary N) is 1. The second-order valence-corrected chi connectivity index (χ2v) is 5.21. The standard InChI is InChI=1S/C14H18N4S/c1-3-12-10(2)14(18-15)17-13(16-12)9-19-11-7-5-4-6-8-11/h4-8H,3,9,15H2,1-2H3,(H,16,17,18). The Morgan fingerprint density at radius 2 is 1.95 bits per heavy atom. The monoisotopic (exact) mass is 274 g/mol. The van der Waals surface area contributed by atoms with Crippen LogP contribution in [0.3, 0.4) is 0 Å². The summed E-state index contributed by atoms with van der Waals surface area (Å²) in [5, 5.41) is 0. The molecule has 0 saturated heterocycles. The first-order valence-corrected chi connectivity index (χ1v) is 7.24. The maximum Gasteiger partial charge on any atom is 0.146 e. The van der Waals surface area contributed by atoms with E-state index in [0.29, 0.717) is 0 Å². The molecule has 5 heteroatoms. The summed E-state index contributed by atoms with van der Waals surface area (Å²) in [5.74, 6) is 7.77. The third kappa shape index (κ3) is 3.45. The lowest BCUT2D eigenvalue weighted by Gasteiger charge is -2.10. The zero-order chi connectivity index (χ0) is 13.7. The van der Waals surface area contributed by atoms with E-state index in [0.717, 1.165) is 35.1 Å². The fraction of sp³-hybridized carbons (Fsp3) is 0.286. The van der Waals surface area contributed by atoms with Gasteiger partial charge in [-0.3, -0.25) is 0 Å². The predicted molar refractivity (Wildman–Crippen MR) is 80.0 cm³/mol. The molecule has 0 saturated carbocycles. The number of hydrogen-bond acceptors (Lipinski definition) is 5. The van der Waals surface area contributed by atoms with Gasteiger partial charge in [-0.15, -0.1) is 11.8 Å². The van der Waals surface area contributed by atoms with Gasteiger partial charge in [0, 0.05) is 16.2 Å². The van der Waals surface area contributed by atoms with Crippen LogP contribution in [0.25, 0.3) is 0 Å². The molecule has 1 aromatic carbocycles. The highest BCUT2D eigenvalue weighted by atomic mass is 32.2. The Morgan fingerprint density at radius 3 is 2.58 bits per heavy atom. The van der Waals surface area contributed by atoms with E-state index < -0.39 is 0 Å². The van der Waals surface area contributed by atoms with Crippen LogP contribution in [0, 0.1) is 6.92 Å². The number of nitrogens with two attached hydrogens (primary N) is 1. The fourth-order valence-corrected chi connectivity index (χ4v) is 2.60. The largest absolute Gasteiger partial charge is 0.308 e. The number of aromatic nitrogens is 2. The van der Waals surface area contributed by atoms with Gasteiger partial charge in [-0.2, -0.15) is 0 Å². The normalized spacial score (nSPS) is 10.5. The molecule has 4 nitrogen and oxygen atoms in total. The first kappa shape index (κ1) is 13.8. The van der Waals surface area contributed by atoms with Crippen molar-refractivity contribution in [3.63, 3.8) is 0 Å². The van der Waals surface area contributed by atoms with Crippen molar-refractivity contribution < 1.29 is 0 Å². The lowest BCUT2D eigenvalue weighted by molar-refractivity contribution is 0.916. The fourth-order valence-electron chi connectivity index (χ4n) is 1.83. The highest BCUT2D eigenvalue weighted by Crippen LogP contribution is 2.23. The molecule has 3 N–H and O–H groups in total. The van der Waals surface area contributed by atoms with Gasteiger partial charge in [-0.1, -0.05) is 25.1 Å². The van der Waals surface area contributed by atoms with E-state index in [-0.39, 0.29) is 0 Å². The van der Waals surface area contributed by atoms with Crippen molar-refractivity contribution in [2.75, 3.05) is 5.43 Å². The van der Waals surface area contributed by atoms with Crippen molar-refractivity contribution in [3.05, 3.63) is 47.4 Å². The van der Waals surface area contributed by atoms with Crippen LogP contribution in [0.4, 0.5) is 5.82 Å². The molecule has 0 atom stereocenters. The molecule has 1 heterocycles. The summed E-state index contributed by atoms with van der Waals surface area (Å²) in [6, 6.07) is 10.2. The number of aryl methyl sites for hydroxylation is 1. The smallest absolute Gasteiger partial charge is 0.146 e. The van der Waals surface area contributed by atoms with Crippen LogP contribution >= 0.6 is 11.8 Å². The summed E-state index contributed by atoms with van der Waals surface area (Å²) in [4.78, 5) is 10.2. The highest BCUT2D eigenvalue weighted by Gasteiger charge is 2.09. The molecule has 0 radical (unpaired) electrons. The van der Waals surface area contributed by atoms with Gasteiger partial charge in [-0.05, 0) is 25.5 Å². The minimum absolute atomic E-state index is 0.718. The predicted octanol–water partition coefficient (Wildman–Crippen LogP) is 2.93. The van der Waals surface area contributed by atoms with E-state index in [9.17, 15) is 0 Å². The van der Waals surface area contributed by atoms with Crippen molar-refractivity contribution in [2.24, 2.45) is 5.84 Å². The SMILES string of the molecule is CCc1nc(CSc2ccccc2)nc(NN)c1C. The molecule has 0 spiro atoms. The zero-order valence-electron chi connectivity index (χ0n) is 11.2. The second-order valence-electron chi connectivity index (χ2n) is 4.16. The van der Waals surface area contributed by atoms with Crippen molar-refractivity contribution >= 4 is 17.6 Å². The number of benzene rings is 1. The molecule has 1 aromatic heterocycles. The van der Waals surface area contributed by atoms with Gasteiger partial charge in [0.15, 0.2) is 0 Å². The number of nitrogen functional groups attached to an aromatic ring is 1. The Hall–Kier alpha value is -1.59. The number of anilines is 1. The molecule has 0 bridgehead atoms. The summed E-state index contributed by atoms with van der Waals surface area (Å²) >= 11 is 1.72. The van der Waals surface area contributed by atoms with Gasteiger partial charge in [0.2, 0.25) is 0 Å². The first-order valence-electron chi connectivity index (χ1n) is 6.25. The maximum absolute atomic E-state index is 5.50.